The van der Waals surface area contributed by atoms with Gasteiger partial charge < -0.3 is 31.2 Å². The number of carboxylic acids is 1. The molecule has 4 rings (SSSR count). The number of hydrogen-bond acceptors (Lipinski definition) is 14. The number of nitrogens with one attached hydrogen (secondary N) is 1. The number of aromatic hydroxyl groups is 2. The molecule has 3 heterocycles. The number of anilines is 1. The number of carbonyl (C=O) groups is 3. The van der Waals surface area contributed by atoms with Crippen LogP contribution < -0.4 is 11.1 Å². The molecular formula is C20H18N8O9S3. The Labute approximate surface area is 232 Å². The summed E-state index contributed by atoms with van der Waals surface area (Å²) >= 11 is 2.09. The minimum atomic E-state index is -4.19. The third-order valence-electron chi connectivity index (χ3n) is 5.51. The highest BCUT2D eigenvalue weighted by Crippen LogP contribution is 2.40. The maximum atomic E-state index is 13.1. The number of hydrogen-bond donors (Lipinski definition) is 5. The number of benzene rings is 1. The van der Waals surface area contributed by atoms with E-state index in [0.29, 0.717) is 0 Å². The van der Waals surface area contributed by atoms with Crippen LogP contribution in [0.3, 0.4) is 0 Å². The van der Waals surface area contributed by atoms with Crippen LogP contribution in [0.5, 0.6) is 11.5 Å². The van der Waals surface area contributed by atoms with E-state index in [9.17, 15) is 38.1 Å². The molecule has 1 aromatic carbocycles. The lowest BCUT2D eigenvalue weighted by atomic mass is 10.0. The lowest BCUT2D eigenvalue weighted by Gasteiger charge is -2.49. The lowest BCUT2D eigenvalue weighted by molar-refractivity contribution is -0.150. The number of thioether (sulfide) groups is 1. The van der Waals surface area contributed by atoms with Gasteiger partial charge in [0, 0.05) is 22.1 Å². The molecule has 1 fully saturated rings. The first-order valence-corrected chi connectivity index (χ1v) is 14.4. The van der Waals surface area contributed by atoms with Crippen LogP contribution in [0.4, 0.5) is 5.13 Å². The number of oxime groups is 1. The number of amides is 2. The van der Waals surface area contributed by atoms with Crippen LogP contribution in [-0.2, 0) is 29.1 Å². The van der Waals surface area contributed by atoms with Crippen molar-refractivity contribution in [1.82, 2.24) is 15.2 Å². The van der Waals surface area contributed by atoms with Gasteiger partial charge in [0.15, 0.2) is 22.3 Å². The van der Waals surface area contributed by atoms with Gasteiger partial charge in [-0.1, -0.05) is 10.3 Å². The van der Waals surface area contributed by atoms with Crippen molar-refractivity contribution >= 4 is 61.6 Å². The Morgan fingerprint density at radius 3 is 2.70 bits per heavy atom. The Morgan fingerprint density at radius 2 is 2.08 bits per heavy atom. The molecule has 40 heavy (non-hydrogen) atoms. The quantitative estimate of drug-likeness (QED) is 0.0463. The van der Waals surface area contributed by atoms with E-state index >= 15 is 0 Å². The highest BCUT2D eigenvalue weighted by molar-refractivity contribution is 8.00. The van der Waals surface area contributed by atoms with Crippen LogP contribution in [-0.4, -0.2) is 86.8 Å². The summed E-state index contributed by atoms with van der Waals surface area (Å²) in [5.41, 5.74) is 13.5. The van der Waals surface area contributed by atoms with Gasteiger partial charge in [0.05, 0.1) is 11.4 Å². The summed E-state index contributed by atoms with van der Waals surface area (Å²) in [5, 5.41) is 38.6. The zero-order valence-electron chi connectivity index (χ0n) is 19.9. The van der Waals surface area contributed by atoms with E-state index < -0.39 is 67.1 Å². The second-order valence-corrected chi connectivity index (χ2v) is 12.0. The molecule has 17 nitrogen and oxygen atoms in total. The van der Waals surface area contributed by atoms with Gasteiger partial charge in [-0.25, -0.2) is 18.2 Å². The van der Waals surface area contributed by atoms with Crippen LogP contribution in [0.1, 0.15) is 5.69 Å². The number of aromatic nitrogens is 1. The Balaban J connectivity index is 1.53. The predicted molar refractivity (Wildman–Crippen MR) is 140 cm³/mol. The number of sulfone groups is 1. The number of nitrogens with zero attached hydrogens (tertiary/aromatic N) is 6. The number of carboxylic acid groups (broad SMARTS) is 1. The fourth-order valence-electron chi connectivity index (χ4n) is 3.66. The second-order valence-electron chi connectivity index (χ2n) is 8.03. The van der Waals surface area contributed by atoms with Crippen LogP contribution in [0, 0.1) is 0 Å². The highest BCUT2D eigenvalue weighted by Gasteiger charge is 2.54. The summed E-state index contributed by atoms with van der Waals surface area (Å²) in [4.78, 5) is 49.9. The van der Waals surface area contributed by atoms with Gasteiger partial charge in [-0.2, -0.15) is 0 Å². The molecule has 2 atom stereocenters. The largest absolute Gasteiger partial charge is 0.504 e. The summed E-state index contributed by atoms with van der Waals surface area (Å²) in [6.45, 7) is -0.245. The number of nitrogens with two attached hydrogens (primary N) is 1. The number of aliphatic carboxylic acids is 1. The van der Waals surface area contributed by atoms with E-state index in [1.54, 1.807) is 0 Å². The van der Waals surface area contributed by atoms with E-state index in [1.165, 1.54) is 5.38 Å². The molecule has 0 unspecified atom stereocenters. The maximum absolute atomic E-state index is 13.1. The summed E-state index contributed by atoms with van der Waals surface area (Å²) in [6, 6.07) is 1.63. The van der Waals surface area contributed by atoms with Gasteiger partial charge in [0.25, 0.3) is 11.8 Å². The monoisotopic (exact) mass is 610 g/mol. The molecular weight excluding hydrogens is 592 g/mol. The maximum Gasteiger partial charge on any atom is 0.352 e. The molecule has 0 saturated carbocycles. The van der Waals surface area contributed by atoms with Crippen molar-refractivity contribution in [3.05, 3.63) is 51.0 Å². The minimum Gasteiger partial charge on any atom is -0.504 e. The number of phenols is 2. The minimum absolute atomic E-state index is 0.0558. The first kappa shape index (κ1) is 28.5. The number of carbonyl (C=O) groups excluding carboxylic acids is 2. The fraction of sp³-hybridized carbons (Fsp3) is 0.250. The Kier molecular flexibility index (Phi) is 8.05. The molecule has 0 bridgehead atoms. The number of nitrogen functional groups attached to an aromatic ring is 1. The van der Waals surface area contributed by atoms with Gasteiger partial charge in [-0.3, -0.25) is 14.5 Å². The second kappa shape index (κ2) is 11.3. The normalized spacial score (nSPS) is 18.9. The number of rotatable bonds is 10. The molecule has 0 spiro atoms. The molecule has 20 heteroatoms. The summed E-state index contributed by atoms with van der Waals surface area (Å²) in [7, 11) is -4.19. The van der Waals surface area contributed by atoms with Crippen molar-refractivity contribution < 1.29 is 43.0 Å². The molecule has 210 valence electrons. The van der Waals surface area contributed by atoms with Crippen LogP contribution in [0.25, 0.3) is 10.4 Å². The summed E-state index contributed by atoms with van der Waals surface area (Å²) in [5.74, 6) is -5.27. The standard InChI is InChI=1S/C20H18N8O9S3/c21-20-24-10(6-39-20)13(26-37-7-40(35,36)9-1-2-11(29)12(30)3-9)16(31)25-14-17(32)28-15(19(33)34)8(4-23-27-22)5-38-18(14)28/h1-3,6,14,18,29-30H,4-5,7H2,(H2,21,24)(H,25,31)(H,33,34)/b26-13-/t14-,18-/m1/s1. The van der Waals surface area contributed by atoms with Crippen molar-refractivity contribution in [3.63, 3.8) is 0 Å². The van der Waals surface area contributed by atoms with Gasteiger partial charge in [0.1, 0.15) is 22.8 Å². The van der Waals surface area contributed by atoms with E-state index in [2.05, 4.69) is 25.5 Å². The Morgan fingerprint density at radius 1 is 1.32 bits per heavy atom. The molecule has 2 aromatic rings. The topological polar surface area (TPSA) is 271 Å². The molecule has 2 aliphatic heterocycles. The van der Waals surface area contributed by atoms with E-state index in [-0.39, 0.29) is 34.4 Å². The smallest absolute Gasteiger partial charge is 0.352 e. The number of β-lactam (4-membered cyclic amide) rings is 1. The SMILES string of the molecule is [N-]=[N+]=NCC1=C(C(=O)O)N2C(=O)[C@@H](NC(=O)/C(=N\OCS(=O)(=O)c3ccc(O)c(O)c3)c3csc(N)n3)[C@H]2SC1. The third kappa shape index (κ3) is 5.59. The van der Waals surface area contributed by atoms with Gasteiger partial charge in [-0.15, -0.1) is 23.1 Å². The van der Waals surface area contributed by atoms with Gasteiger partial charge in [0.2, 0.25) is 15.8 Å². The van der Waals surface area contributed by atoms with Crippen molar-refractivity contribution in [2.45, 2.75) is 16.3 Å². The molecule has 0 aliphatic carbocycles. The number of fused-ring (bicyclic) bond motifs is 1. The molecule has 6 N–H and O–H groups in total. The number of thiazole rings is 1. The van der Waals surface area contributed by atoms with Crippen LogP contribution >= 0.6 is 23.1 Å². The zero-order valence-corrected chi connectivity index (χ0v) is 22.3. The average molecular weight is 611 g/mol. The third-order valence-corrected chi connectivity index (χ3v) is 8.91. The van der Waals surface area contributed by atoms with E-state index in [0.717, 1.165) is 46.2 Å². The van der Waals surface area contributed by atoms with E-state index in [1.807, 2.05) is 0 Å². The van der Waals surface area contributed by atoms with Crippen molar-refractivity contribution in [2.24, 2.45) is 10.3 Å². The first-order valence-electron chi connectivity index (χ1n) is 10.8. The zero-order chi connectivity index (χ0) is 29.2. The average Bonchev–Trinajstić information content (AvgIpc) is 3.34. The predicted octanol–water partition coefficient (Wildman–Crippen LogP) is 0.337. The molecule has 1 aromatic heterocycles. The van der Waals surface area contributed by atoms with Crippen molar-refractivity contribution in [2.75, 3.05) is 24.0 Å². The number of azide groups is 1. The van der Waals surface area contributed by atoms with Gasteiger partial charge in [-0.05, 0) is 23.2 Å². The van der Waals surface area contributed by atoms with Crippen LogP contribution in [0.2, 0.25) is 0 Å². The summed E-state index contributed by atoms with van der Waals surface area (Å²) < 4.78 is 25.1. The first-order chi connectivity index (χ1) is 18.9. The molecule has 2 aliphatic rings. The summed E-state index contributed by atoms with van der Waals surface area (Å²) in [6.07, 6.45) is 0. The molecule has 1 saturated heterocycles. The Bertz CT molecular complexity index is 1610. The Hall–Kier alpha value is -4.52. The van der Waals surface area contributed by atoms with E-state index in [4.69, 9.17) is 16.1 Å². The highest BCUT2D eigenvalue weighted by atomic mass is 32.2. The number of phenolic OH excluding ortho intramolecular Hbond substituents is 2. The molecule has 0 radical (unpaired) electrons. The fourth-order valence-corrected chi connectivity index (χ4v) is 6.43. The van der Waals surface area contributed by atoms with Crippen molar-refractivity contribution in [3.8, 4) is 11.5 Å². The lowest BCUT2D eigenvalue weighted by Crippen LogP contribution is -2.71. The van der Waals surface area contributed by atoms with Crippen molar-refractivity contribution in [1.29, 1.82) is 0 Å². The van der Waals surface area contributed by atoms with Gasteiger partial charge >= 0.3 is 5.97 Å². The van der Waals surface area contributed by atoms with Crippen LogP contribution in [0.15, 0.2) is 50.0 Å². The molecule has 2 amide bonds.